The maximum atomic E-state index is 13.7. The summed E-state index contributed by atoms with van der Waals surface area (Å²) < 4.78 is 0. The maximum absolute atomic E-state index is 13.7. The van der Waals surface area contributed by atoms with E-state index in [9.17, 15) is 29.4 Å². The summed E-state index contributed by atoms with van der Waals surface area (Å²) in [5.41, 5.74) is 0.316. The first-order valence-electron chi connectivity index (χ1n) is 13.0. The van der Waals surface area contributed by atoms with Crippen molar-refractivity contribution >= 4 is 23.5 Å². The molecule has 0 aromatic heterocycles. The van der Waals surface area contributed by atoms with Gasteiger partial charge in [0.05, 0.1) is 11.4 Å². The number of carbonyl (C=O) groups is 4. The van der Waals surface area contributed by atoms with E-state index in [1.165, 1.54) is 25.7 Å². The predicted molar refractivity (Wildman–Crippen MR) is 131 cm³/mol. The molecule has 194 valence electrons. The smallest absolute Gasteiger partial charge is 0.326 e. The van der Waals surface area contributed by atoms with E-state index in [1.54, 1.807) is 27.7 Å². The number of ketones is 2. The van der Waals surface area contributed by atoms with Crippen molar-refractivity contribution in [3.8, 4) is 0 Å². The van der Waals surface area contributed by atoms with Crippen molar-refractivity contribution in [1.29, 1.82) is 0 Å². The number of carboxylic acid groups (broad SMARTS) is 2. The number of rotatable bonds is 10. The summed E-state index contributed by atoms with van der Waals surface area (Å²) in [6, 6.07) is -2.04. The van der Waals surface area contributed by atoms with Gasteiger partial charge in [-0.15, -0.1) is 0 Å². The molecule has 8 heteroatoms. The second-order valence-electron chi connectivity index (χ2n) is 11.1. The Bertz CT molecular complexity index is 917. The van der Waals surface area contributed by atoms with E-state index in [0.717, 1.165) is 25.3 Å². The van der Waals surface area contributed by atoms with Crippen molar-refractivity contribution in [1.82, 2.24) is 10.6 Å². The fraction of sp³-hybridized carbons (Fsp3) is 0.704. The average molecular weight is 489 g/mol. The van der Waals surface area contributed by atoms with Crippen LogP contribution in [-0.4, -0.2) is 45.8 Å². The van der Waals surface area contributed by atoms with Crippen LogP contribution in [0.3, 0.4) is 0 Å². The van der Waals surface area contributed by atoms with Crippen molar-refractivity contribution in [3.05, 3.63) is 23.0 Å². The summed E-state index contributed by atoms with van der Waals surface area (Å²) in [7, 11) is 0. The highest BCUT2D eigenvalue weighted by Gasteiger charge is 2.39. The highest BCUT2D eigenvalue weighted by atomic mass is 16.4. The number of aliphatic carboxylic acids is 2. The topological polar surface area (TPSA) is 133 Å². The molecule has 0 bridgehead atoms. The number of carboxylic acids is 2. The van der Waals surface area contributed by atoms with Crippen molar-refractivity contribution in [2.24, 2.45) is 29.6 Å². The standard InChI is InChI=1S/C27H40N2O6/c1-14(2)22(26(32)33)28-20-13-21(30)24(29-23(15(3)4)27(34)35)19(25(20)31)12-17-10-7-9-16-8-5-6-11-18(16)17/h13-18,22-23,28-29H,5-12H2,1-4H3,(H,32,33)(H,34,35)/t16?,17?,18?,22-,23-/m1/s1. The van der Waals surface area contributed by atoms with Crippen LogP contribution in [0.15, 0.2) is 23.0 Å². The molecule has 8 nitrogen and oxygen atoms in total. The molecular formula is C27H40N2O6. The molecule has 0 aromatic carbocycles. The maximum Gasteiger partial charge on any atom is 0.326 e. The van der Waals surface area contributed by atoms with Crippen molar-refractivity contribution in [2.45, 2.75) is 91.1 Å². The number of hydrogen-bond acceptors (Lipinski definition) is 6. The van der Waals surface area contributed by atoms with Gasteiger partial charge in [-0.1, -0.05) is 59.8 Å². The SMILES string of the molecule is CC(C)[C@@H](NC1=CC(=O)C(N[C@@H](C(=O)O)C(C)C)=C(CC2CCCC3CCCCC32)C1=O)C(=O)O. The molecule has 0 aromatic rings. The highest BCUT2D eigenvalue weighted by Crippen LogP contribution is 2.46. The Hall–Kier alpha value is -2.64. The van der Waals surface area contributed by atoms with Crippen LogP contribution in [0.4, 0.5) is 0 Å². The average Bonchev–Trinajstić information content (AvgIpc) is 2.79. The van der Waals surface area contributed by atoms with E-state index in [0.29, 0.717) is 18.3 Å². The first-order valence-corrected chi connectivity index (χ1v) is 13.0. The molecule has 35 heavy (non-hydrogen) atoms. The zero-order chi connectivity index (χ0) is 25.9. The van der Waals surface area contributed by atoms with Crippen molar-refractivity contribution in [2.75, 3.05) is 0 Å². The first-order chi connectivity index (χ1) is 16.5. The molecule has 3 rings (SSSR count). The Morgan fingerprint density at radius 2 is 1.46 bits per heavy atom. The summed E-state index contributed by atoms with van der Waals surface area (Å²) in [5, 5.41) is 25.0. The molecule has 4 N–H and O–H groups in total. The Kier molecular flexibility index (Phi) is 8.78. The second kappa shape index (κ2) is 11.4. The quantitative estimate of drug-likeness (QED) is 0.342. The van der Waals surface area contributed by atoms with Gasteiger partial charge in [0, 0.05) is 11.6 Å². The van der Waals surface area contributed by atoms with Gasteiger partial charge in [0.2, 0.25) is 11.6 Å². The van der Waals surface area contributed by atoms with Gasteiger partial charge in [-0.2, -0.15) is 0 Å². The van der Waals surface area contributed by atoms with Gasteiger partial charge in [0.15, 0.2) is 0 Å². The van der Waals surface area contributed by atoms with Gasteiger partial charge >= 0.3 is 11.9 Å². The Morgan fingerprint density at radius 3 is 2.06 bits per heavy atom. The summed E-state index contributed by atoms with van der Waals surface area (Å²) in [4.78, 5) is 50.6. The third-order valence-electron chi connectivity index (χ3n) is 8.01. The molecule has 0 radical (unpaired) electrons. The molecule has 0 heterocycles. The summed E-state index contributed by atoms with van der Waals surface area (Å²) in [5.74, 6) is -2.30. The summed E-state index contributed by atoms with van der Waals surface area (Å²) in [6.45, 7) is 6.96. The molecular weight excluding hydrogens is 448 g/mol. The van der Waals surface area contributed by atoms with Gasteiger partial charge in [0.1, 0.15) is 12.1 Å². The van der Waals surface area contributed by atoms with E-state index >= 15 is 0 Å². The van der Waals surface area contributed by atoms with Crippen LogP contribution in [0.1, 0.15) is 79.1 Å². The number of allylic oxidation sites excluding steroid dienone is 2. The normalized spacial score (nSPS) is 26.8. The molecule has 0 amide bonds. The minimum absolute atomic E-state index is 0.0240. The largest absolute Gasteiger partial charge is 0.480 e. The van der Waals surface area contributed by atoms with Gasteiger partial charge in [0.25, 0.3) is 0 Å². The minimum atomic E-state index is -1.10. The Balaban J connectivity index is 1.97. The van der Waals surface area contributed by atoms with E-state index in [-0.39, 0.29) is 34.7 Å². The zero-order valence-electron chi connectivity index (χ0n) is 21.3. The summed E-state index contributed by atoms with van der Waals surface area (Å²) >= 11 is 0. The first kappa shape index (κ1) is 27.0. The Morgan fingerprint density at radius 1 is 0.886 bits per heavy atom. The van der Waals surface area contributed by atoms with E-state index in [1.807, 2.05) is 0 Å². The van der Waals surface area contributed by atoms with Crippen LogP contribution in [0.5, 0.6) is 0 Å². The van der Waals surface area contributed by atoms with Crippen LogP contribution in [0.2, 0.25) is 0 Å². The van der Waals surface area contributed by atoms with E-state index < -0.39 is 35.6 Å². The van der Waals surface area contributed by atoms with Crippen molar-refractivity contribution < 1.29 is 29.4 Å². The van der Waals surface area contributed by atoms with Crippen LogP contribution in [0.25, 0.3) is 0 Å². The molecule has 5 atom stereocenters. The third kappa shape index (κ3) is 6.14. The lowest BCUT2D eigenvalue weighted by atomic mass is 9.63. The monoisotopic (exact) mass is 488 g/mol. The number of fused-ring (bicyclic) bond motifs is 1. The van der Waals surface area contributed by atoms with Gasteiger partial charge in [-0.3, -0.25) is 9.59 Å². The molecule has 0 saturated heterocycles. The fourth-order valence-electron chi connectivity index (χ4n) is 6.09. The van der Waals surface area contributed by atoms with E-state index in [2.05, 4.69) is 10.6 Å². The second-order valence-corrected chi connectivity index (χ2v) is 11.1. The van der Waals surface area contributed by atoms with Gasteiger partial charge < -0.3 is 20.8 Å². The molecule has 2 fully saturated rings. The van der Waals surface area contributed by atoms with E-state index in [4.69, 9.17) is 0 Å². The number of Topliss-reactive ketones (excluding diaryl/α,β-unsaturated/α-hetero) is 1. The lowest BCUT2D eigenvalue weighted by Crippen LogP contribution is -2.47. The molecule has 2 saturated carbocycles. The van der Waals surface area contributed by atoms with Crippen LogP contribution >= 0.6 is 0 Å². The lowest BCUT2D eigenvalue weighted by molar-refractivity contribution is -0.141. The minimum Gasteiger partial charge on any atom is -0.480 e. The molecule has 0 aliphatic heterocycles. The fourth-order valence-corrected chi connectivity index (χ4v) is 6.09. The number of nitrogens with one attached hydrogen (secondary N) is 2. The van der Waals surface area contributed by atoms with Gasteiger partial charge in [-0.25, -0.2) is 9.59 Å². The molecule has 3 aliphatic carbocycles. The molecule has 3 aliphatic rings. The number of hydrogen-bond donors (Lipinski definition) is 4. The third-order valence-corrected chi connectivity index (χ3v) is 8.01. The lowest BCUT2D eigenvalue weighted by Gasteiger charge is -2.42. The predicted octanol–water partition coefficient (Wildman–Crippen LogP) is 3.67. The highest BCUT2D eigenvalue weighted by molar-refractivity contribution is 6.22. The number of carbonyl (C=O) groups excluding carboxylic acids is 2. The van der Waals surface area contributed by atoms with Crippen LogP contribution in [0, 0.1) is 29.6 Å². The zero-order valence-corrected chi connectivity index (χ0v) is 21.3. The summed E-state index contributed by atoms with van der Waals surface area (Å²) in [6.07, 6.45) is 9.51. The van der Waals surface area contributed by atoms with Crippen LogP contribution < -0.4 is 10.6 Å². The van der Waals surface area contributed by atoms with Crippen LogP contribution in [-0.2, 0) is 19.2 Å². The molecule has 0 spiro atoms. The Labute approximate surface area is 207 Å². The molecule has 3 unspecified atom stereocenters. The van der Waals surface area contributed by atoms with Crippen molar-refractivity contribution in [3.63, 3.8) is 0 Å². The van der Waals surface area contributed by atoms with Gasteiger partial charge in [-0.05, 0) is 48.9 Å².